The second-order valence-corrected chi connectivity index (χ2v) is 7.61. The maximum Gasteiger partial charge on any atom is 0.335 e. The summed E-state index contributed by atoms with van der Waals surface area (Å²) >= 11 is 6.22. The second kappa shape index (κ2) is 6.54. The molecule has 0 N–H and O–H groups in total. The summed E-state index contributed by atoms with van der Waals surface area (Å²) in [6.07, 6.45) is 4.26. The number of ether oxygens (including phenoxy) is 2. The van der Waals surface area contributed by atoms with Crippen molar-refractivity contribution >= 4 is 34.3 Å². The number of carbonyl (C=O) groups is 2. The van der Waals surface area contributed by atoms with E-state index in [2.05, 4.69) is 20.1 Å². The van der Waals surface area contributed by atoms with Crippen LogP contribution in [0, 0.1) is 5.92 Å². The molecule has 2 aromatic rings. The lowest BCUT2D eigenvalue weighted by Crippen LogP contribution is -2.15. The van der Waals surface area contributed by atoms with E-state index in [0.717, 1.165) is 36.1 Å². The molecule has 27 heavy (non-hydrogen) atoms. The van der Waals surface area contributed by atoms with E-state index < -0.39 is 11.9 Å². The highest BCUT2D eigenvalue weighted by atomic mass is 35.5. The molecule has 0 radical (unpaired) electrons. The van der Waals surface area contributed by atoms with Gasteiger partial charge in [0.2, 0.25) is 0 Å². The standard InChI is InChI=1S/C22H19ClO4/c1-4-17(24)26-21-14-7-6-13(23)10-16(14)22(27-18(25)5-2)19-12-8-11(3)15(9-12)20(19)21/h4-7,10-12,15H,1-2,8-9H2,3H3. The van der Waals surface area contributed by atoms with Crippen LogP contribution in [0.5, 0.6) is 11.5 Å². The summed E-state index contributed by atoms with van der Waals surface area (Å²) in [5.41, 5.74) is 1.92. The zero-order valence-electron chi connectivity index (χ0n) is 15.0. The van der Waals surface area contributed by atoms with Crippen LogP contribution in [0.4, 0.5) is 0 Å². The van der Waals surface area contributed by atoms with Gasteiger partial charge in [-0.15, -0.1) is 0 Å². The Morgan fingerprint density at radius 3 is 2.30 bits per heavy atom. The quantitative estimate of drug-likeness (QED) is 0.409. The van der Waals surface area contributed by atoms with Crippen molar-refractivity contribution in [2.24, 2.45) is 5.92 Å². The summed E-state index contributed by atoms with van der Waals surface area (Å²) in [6, 6.07) is 5.27. The van der Waals surface area contributed by atoms with Crippen LogP contribution < -0.4 is 9.47 Å². The number of rotatable bonds is 4. The molecule has 1 saturated carbocycles. The molecule has 138 valence electrons. The molecule has 3 atom stereocenters. The Morgan fingerprint density at radius 1 is 1.04 bits per heavy atom. The molecule has 4 rings (SSSR count). The highest BCUT2D eigenvalue weighted by Crippen LogP contribution is 2.63. The Bertz CT molecular complexity index is 1010. The largest absolute Gasteiger partial charge is 0.422 e. The van der Waals surface area contributed by atoms with Gasteiger partial charge >= 0.3 is 11.9 Å². The van der Waals surface area contributed by atoms with Gasteiger partial charge in [-0.1, -0.05) is 31.7 Å². The fourth-order valence-corrected chi connectivity index (χ4v) is 4.77. The minimum atomic E-state index is -0.523. The molecule has 2 aromatic carbocycles. The lowest BCUT2D eigenvalue weighted by Gasteiger charge is -2.27. The van der Waals surface area contributed by atoms with Crippen molar-refractivity contribution in [3.63, 3.8) is 0 Å². The summed E-state index contributed by atoms with van der Waals surface area (Å²) < 4.78 is 11.4. The summed E-state index contributed by atoms with van der Waals surface area (Å²) in [6.45, 7) is 9.20. The molecular weight excluding hydrogens is 364 g/mol. The molecule has 1 fully saturated rings. The van der Waals surface area contributed by atoms with Crippen LogP contribution in [0.2, 0.25) is 5.02 Å². The molecule has 3 unspecified atom stereocenters. The van der Waals surface area contributed by atoms with Crippen molar-refractivity contribution in [2.45, 2.75) is 31.6 Å². The minimum absolute atomic E-state index is 0.261. The molecular formula is C22H19ClO4. The predicted molar refractivity (Wildman–Crippen MR) is 105 cm³/mol. The fraction of sp³-hybridized carbons (Fsp3) is 0.273. The zero-order chi connectivity index (χ0) is 19.3. The first-order chi connectivity index (χ1) is 12.9. The van der Waals surface area contributed by atoms with Crippen molar-refractivity contribution in [3.8, 4) is 11.5 Å². The minimum Gasteiger partial charge on any atom is -0.422 e. The molecule has 2 aliphatic carbocycles. The molecule has 2 aliphatic rings. The molecule has 0 aromatic heterocycles. The predicted octanol–water partition coefficient (Wildman–Crippen LogP) is 5.29. The van der Waals surface area contributed by atoms with E-state index >= 15 is 0 Å². The summed E-state index contributed by atoms with van der Waals surface area (Å²) in [5.74, 6) is 0.988. The van der Waals surface area contributed by atoms with Crippen LogP contribution in [-0.2, 0) is 9.59 Å². The van der Waals surface area contributed by atoms with Gasteiger partial charge in [0, 0.05) is 39.1 Å². The van der Waals surface area contributed by atoms with Crippen molar-refractivity contribution in [1.29, 1.82) is 0 Å². The van der Waals surface area contributed by atoms with Gasteiger partial charge in [-0.2, -0.15) is 0 Å². The first kappa shape index (κ1) is 17.8. The van der Waals surface area contributed by atoms with E-state index in [1.54, 1.807) is 18.2 Å². The normalized spacial score (nSPS) is 22.4. The number of halogens is 1. The van der Waals surface area contributed by atoms with Crippen molar-refractivity contribution in [1.82, 2.24) is 0 Å². The van der Waals surface area contributed by atoms with Crippen LogP contribution in [0.3, 0.4) is 0 Å². The molecule has 0 aliphatic heterocycles. The van der Waals surface area contributed by atoms with Gasteiger partial charge in [0.05, 0.1) is 0 Å². The Hall–Kier alpha value is -2.59. The van der Waals surface area contributed by atoms with Crippen LogP contribution in [-0.4, -0.2) is 11.9 Å². The van der Waals surface area contributed by atoms with E-state index in [0.29, 0.717) is 33.2 Å². The van der Waals surface area contributed by atoms with Crippen LogP contribution in [0.25, 0.3) is 10.8 Å². The fourth-order valence-electron chi connectivity index (χ4n) is 4.60. The van der Waals surface area contributed by atoms with E-state index in [1.165, 1.54) is 0 Å². The monoisotopic (exact) mass is 382 g/mol. The molecule has 0 amide bonds. The highest BCUT2D eigenvalue weighted by molar-refractivity contribution is 6.31. The highest BCUT2D eigenvalue weighted by Gasteiger charge is 2.47. The van der Waals surface area contributed by atoms with Crippen molar-refractivity contribution < 1.29 is 19.1 Å². The lowest BCUT2D eigenvalue weighted by atomic mass is 9.82. The maximum atomic E-state index is 12.0. The van der Waals surface area contributed by atoms with Crippen molar-refractivity contribution in [3.05, 3.63) is 59.7 Å². The SMILES string of the molecule is C=CC(=O)Oc1c2c(c(OC(=O)C=C)c3ccc(Cl)cc13)C1CC2CC1C. The van der Waals surface area contributed by atoms with Crippen molar-refractivity contribution in [2.75, 3.05) is 0 Å². The number of hydrogen-bond donors (Lipinski definition) is 0. The first-order valence-corrected chi connectivity index (χ1v) is 9.29. The number of esters is 2. The van der Waals surface area contributed by atoms with Gasteiger partial charge in [-0.3, -0.25) is 0 Å². The van der Waals surface area contributed by atoms with E-state index in [1.807, 2.05) is 0 Å². The molecule has 2 bridgehead atoms. The molecule has 0 saturated heterocycles. The molecule has 5 heteroatoms. The first-order valence-electron chi connectivity index (χ1n) is 8.92. The summed E-state index contributed by atoms with van der Waals surface area (Å²) in [4.78, 5) is 24.0. The smallest absolute Gasteiger partial charge is 0.335 e. The second-order valence-electron chi connectivity index (χ2n) is 7.18. The maximum absolute atomic E-state index is 12.0. The third-order valence-corrected chi connectivity index (χ3v) is 5.88. The third-order valence-electron chi connectivity index (χ3n) is 5.65. The number of carbonyl (C=O) groups excluding carboxylic acids is 2. The van der Waals surface area contributed by atoms with Crippen LogP contribution >= 0.6 is 11.6 Å². The average molecular weight is 383 g/mol. The molecule has 0 spiro atoms. The molecule has 0 heterocycles. The van der Waals surface area contributed by atoms with Gasteiger partial charge in [0.25, 0.3) is 0 Å². The van der Waals surface area contributed by atoms with Gasteiger partial charge in [0.15, 0.2) is 0 Å². The van der Waals surface area contributed by atoms with Gasteiger partial charge in [-0.05, 0) is 48.8 Å². The Kier molecular flexibility index (Phi) is 4.31. The van der Waals surface area contributed by atoms with Gasteiger partial charge in [-0.25, -0.2) is 9.59 Å². The van der Waals surface area contributed by atoms with Gasteiger partial charge < -0.3 is 9.47 Å². The summed E-state index contributed by atoms with van der Waals surface area (Å²) in [7, 11) is 0. The number of benzene rings is 2. The Labute approximate surface area is 162 Å². The number of hydrogen-bond acceptors (Lipinski definition) is 4. The third kappa shape index (κ3) is 2.76. The molecule has 4 nitrogen and oxygen atoms in total. The topological polar surface area (TPSA) is 52.6 Å². The Balaban J connectivity index is 2.07. The van der Waals surface area contributed by atoms with E-state index in [-0.39, 0.29) is 11.8 Å². The van der Waals surface area contributed by atoms with E-state index in [9.17, 15) is 9.59 Å². The van der Waals surface area contributed by atoms with E-state index in [4.69, 9.17) is 21.1 Å². The zero-order valence-corrected chi connectivity index (χ0v) is 15.7. The average Bonchev–Trinajstić information content (AvgIpc) is 3.21. The van der Waals surface area contributed by atoms with Crippen LogP contribution in [0.15, 0.2) is 43.5 Å². The Morgan fingerprint density at radius 2 is 1.67 bits per heavy atom. The summed E-state index contributed by atoms with van der Waals surface area (Å²) in [5, 5.41) is 1.86. The lowest BCUT2D eigenvalue weighted by molar-refractivity contribution is -0.130. The van der Waals surface area contributed by atoms with Gasteiger partial charge in [0.1, 0.15) is 11.5 Å². The van der Waals surface area contributed by atoms with Crippen LogP contribution in [0.1, 0.15) is 42.7 Å². The number of fused-ring (bicyclic) bond motifs is 6.